The Hall–Kier alpha value is -3.67. The number of nitrogens with one attached hydrogen (secondary N) is 1. The second-order valence-electron chi connectivity index (χ2n) is 7.98. The number of amides is 2. The number of carbonyl (C=O) groups excluding carboxylic acids is 1. The lowest BCUT2D eigenvalue weighted by Gasteiger charge is -2.33. The van der Waals surface area contributed by atoms with E-state index in [1.54, 1.807) is 0 Å². The summed E-state index contributed by atoms with van der Waals surface area (Å²) in [7, 11) is 0. The molecule has 1 atom stereocenters. The van der Waals surface area contributed by atoms with Crippen molar-refractivity contribution < 1.29 is 9.32 Å². The van der Waals surface area contributed by atoms with Gasteiger partial charge < -0.3 is 14.7 Å². The molecule has 0 aliphatic carbocycles. The van der Waals surface area contributed by atoms with Crippen molar-refractivity contribution in [3.63, 3.8) is 0 Å². The number of piperidine rings is 1. The largest absolute Gasteiger partial charge is 0.337 e. The summed E-state index contributed by atoms with van der Waals surface area (Å²) in [6.45, 7) is 2.70. The summed E-state index contributed by atoms with van der Waals surface area (Å²) >= 11 is 0. The van der Waals surface area contributed by atoms with E-state index in [2.05, 4.69) is 15.5 Å². The maximum Gasteiger partial charge on any atom is 0.322 e. The SMILES string of the molecule is Cc1ccc(-c2noc(C3CCCCN3C(=O)Nc3cccc4ccccc34)n2)cc1. The van der Waals surface area contributed by atoms with E-state index in [1.807, 2.05) is 78.6 Å². The molecule has 1 unspecified atom stereocenters. The van der Waals surface area contributed by atoms with E-state index >= 15 is 0 Å². The van der Waals surface area contributed by atoms with Crippen molar-refractivity contribution in [3.05, 3.63) is 78.2 Å². The number of carbonyl (C=O) groups is 1. The van der Waals surface area contributed by atoms with Crippen LogP contribution in [0.15, 0.2) is 71.3 Å². The number of fused-ring (bicyclic) bond motifs is 1. The molecule has 2 amide bonds. The predicted molar refractivity (Wildman–Crippen MR) is 121 cm³/mol. The molecule has 31 heavy (non-hydrogen) atoms. The summed E-state index contributed by atoms with van der Waals surface area (Å²) in [4.78, 5) is 19.7. The van der Waals surface area contributed by atoms with Gasteiger partial charge in [0.1, 0.15) is 6.04 Å². The van der Waals surface area contributed by atoms with Gasteiger partial charge in [-0.3, -0.25) is 0 Å². The third-order valence-corrected chi connectivity index (χ3v) is 5.83. The normalized spacial score (nSPS) is 16.4. The van der Waals surface area contributed by atoms with E-state index in [0.29, 0.717) is 18.3 Å². The number of likely N-dealkylation sites (tertiary alicyclic amines) is 1. The molecular formula is C25H24N4O2. The number of anilines is 1. The Morgan fingerprint density at radius 3 is 2.71 bits per heavy atom. The van der Waals surface area contributed by atoms with Crippen LogP contribution >= 0.6 is 0 Å². The van der Waals surface area contributed by atoms with Gasteiger partial charge in [0.05, 0.1) is 5.69 Å². The Morgan fingerprint density at radius 1 is 1.03 bits per heavy atom. The van der Waals surface area contributed by atoms with Gasteiger partial charge in [-0.25, -0.2) is 4.79 Å². The van der Waals surface area contributed by atoms with Gasteiger partial charge in [0, 0.05) is 17.5 Å². The van der Waals surface area contributed by atoms with Gasteiger partial charge in [0.25, 0.3) is 0 Å². The number of nitrogens with zero attached hydrogens (tertiary/aromatic N) is 3. The monoisotopic (exact) mass is 412 g/mol. The molecule has 1 aliphatic heterocycles. The van der Waals surface area contributed by atoms with Crippen LogP contribution in [0, 0.1) is 6.92 Å². The highest BCUT2D eigenvalue weighted by molar-refractivity contribution is 6.01. The first-order valence-electron chi connectivity index (χ1n) is 10.6. The van der Waals surface area contributed by atoms with E-state index < -0.39 is 0 Å². The molecule has 1 N–H and O–H groups in total. The maximum atomic E-state index is 13.2. The molecule has 1 aromatic heterocycles. The minimum atomic E-state index is -0.226. The molecule has 1 saturated heterocycles. The van der Waals surface area contributed by atoms with E-state index in [0.717, 1.165) is 41.3 Å². The Balaban J connectivity index is 1.39. The third kappa shape index (κ3) is 3.89. The number of aryl methyl sites for hydroxylation is 1. The topological polar surface area (TPSA) is 71.3 Å². The van der Waals surface area contributed by atoms with Crippen LogP contribution in [0.5, 0.6) is 0 Å². The van der Waals surface area contributed by atoms with Crippen molar-refractivity contribution in [3.8, 4) is 11.4 Å². The molecule has 3 aromatic carbocycles. The number of hydrogen-bond donors (Lipinski definition) is 1. The molecule has 6 heteroatoms. The van der Waals surface area contributed by atoms with E-state index in [-0.39, 0.29) is 12.1 Å². The Morgan fingerprint density at radius 2 is 1.84 bits per heavy atom. The summed E-state index contributed by atoms with van der Waals surface area (Å²) in [5, 5.41) is 9.37. The molecule has 1 fully saturated rings. The highest BCUT2D eigenvalue weighted by Gasteiger charge is 2.32. The van der Waals surface area contributed by atoms with Crippen molar-refractivity contribution in [2.45, 2.75) is 32.2 Å². The number of benzene rings is 3. The first-order chi connectivity index (χ1) is 15.2. The third-order valence-electron chi connectivity index (χ3n) is 5.83. The summed E-state index contributed by atoms with van der Waals surface area (Å²) in [6.07, 6.45) is 2.78. The van der Waals surface area contributed by atoms with Crippen molar-refractivity contribution in [1.29, 1.82) is 0 Å². The fourth-order valence-corrected chi connectivity index (χ4v) is 4.14. The number of aromatic nitrogens is 2. The van der Waals surface area contributed by atoms with Crippen molar-refractivity contribution in [2.24, 2.45) is 0 Å². The summed E-state index contributed by atoms with van der Waals surface area (Å²) in [5.41, 5.74) is 2.89. The van der Waals surface area contributed by atoms with E-state index in [9.17, 15) is 4.79 Å². The van der Waals surface area contributed by atoms with Crippen LogP contribution in [0.2, 0.25) is 0 Å². The van der Waals surface area contributed by atoms with Crippen LogP contribution in [0.3, 0.4) is 0 Å². The van der Waals surface area contributed by atoms with Crippen molar-refractivity contribution >= 4 is 22.5 Å². The molecule has 5 rings (SSSR count). The molecule has 0 saturated carbocycles. The quantitative estimate of drug-likeness (QED) is 0.451. The van der Waals surface area contributed by atoms with Gasteiger partial charge in [-0.05, 0) is 37.6 Å². The van der Waals surface area contributed by atoms with Crippen LogP contribution < -0.4 is 5.32 Å². The van der Waals surface area contributed by atoms with Crippen molar-refractivity contribution in [1.82, 2.24) is 15.0 Å². The molecule has 4 aromatic rings. The molecule has 0 bridgehead atoms. The molecule has 1 aliphatic rings. The average molecular weight is 412 g/mol. The van der Waals surface area contributed by atoms with Gasteiger partial charge in [-0.15, -0.1) is 0 Å². The predicted octanol–water partition coefficient (Wildman–Crippen LogP) is 5.96. The van der Waals surface area contributed by atoms with Crippen LogP contribution in [0.25, 0.3) is 22.2 Å². The second-order valence-corrected chi connectivity index (χ2v) is 7.98. The number of rotatable bonds is 3. The average Bonchev–Trinajstić information content (AvgIpc) is 3.30. The first kappa shape index (κ1) is 19.3. The fraction of sp³-hybridized carbons (Fsp3) is 0.240. The lowest BCUT2D eigenvalue weighted by Crippen LogP contribution is -2.41. The Kier molecular flexibility index (Phi) is 5.12. The van der Waals surface area contributed by atoms with Crippen LogP contribution in [0.4, 0.5) is 10.5 Å². The van der Waals surface area contributed by atoms with E-state index in [4.69, 9.17) is 4.52 Å². The van der Waals surface area contributed by atoms with Gasteiger partial charge in [-0.1, -0.05) is 71.4 Å². The smallest absolute Gasteiger partial charge is 0.322 e. The van der Waals surface area contributed by atoms with Crippen molar-refractivity contribution in [2.75, 3.05) is 11.9 Å². The molecule has 0 spiro atoms. The first-order valence-corrected chi connectivity index (χ1v) is 10.6. The highest BCUT2D eigenvalue weighted by Crippen LogP contribution is 2.32. The molecule has 156 valence electrons. The van der Waals surface area contributed by atoms with Crippen LogP contribution in [-0.2, 0) is 0 Å². The van der Waals surface area contributed by atoms with E-state index in [1.165, 1.54) is 5.56 Å². The Labute approximate surface area is 180 Å². The standard InChI is InChI=1S/C25H24N4O2/c1-17-12-14-19(15-13-17)23-27-24(31-28-23)22-11-4-5-16-29(22)25(30)26-21-10-6-8-18-7-2-3-9-20(18)21/h2-3,6-10,12-15,22H,4-5,11,16H2,1H3,(H,26,30). The summed E-state index contributed by atoms with van der Waals surface area (Å²) < 4.78 is 5.61. The highest BCUT2D eigenvalue weighted by atomic mass is 16.5. The van der Waals surface area contributed by atoms with Gasteiger partial charge >= 0.3 is 6.03 Å². The maximum absolute atomic E-state index is 13.2. The number of hydrogen-bond acceptors (Lipinski definition) is 4. The molecule has 0 radical (unpaired) electrons. The van der Waals surface area contributed by atoms with Gasteiger partial charge in [-0.2, -0.15) is 4.98 Å². The zero-order valence-corrected chi connectivity index (χ0v) is 17.4. The number of urea groups is 1. The molecule has 2 heterocycles. The lowest BCUT2D eigenvalue weighted by molar-refractivity contribution is 0.142. The minimum absolute atomic E-state index is 0.142. The van der Waals surface area contributed by atoms with Gasteiger partial charge in [0.2, 0.25) is 11.7 Å². The van der Waals surface area contributed by atoms with Crippen LogP contribution in [-0.4, -0.2) is 27.6 Å². The fourth-order valence-electron chi connectivity index (χ4n) is 4.14. The second kappa shape index (κ2) is 8.22. The Bertz CT molecular complexity index is 1210. The molecule has 6 nitrogen and oxygen atoms in total. The van der Waals surface area contributed by atoms with Gasteiger partial charge in [0.15, 0.2) is 0 Å². The zero-order valence-electron chi connectivity index (χ0n) is 17.4. The lowest BCUT2D eigenvalue weighted by atomic mass is 10.0. The summed E-state index contributed by atoms with van der Waals surface area (Å²) in [6, 6.07) is 21.6. The zero-order chi connectivity index (χ0) is 21.2. The van der Waals surface area contributed by atoms with Crippen LogP contribution in [0.1, 0.15) is 36.8 Å². The summed E-state index contributed by atoms with van der Waals surface area (Å²) in [5.74, 6) is 1.04. The minimum Gasteiger partial charge on any atom is -0.337 e. The molecular weight excluding hydrogens is 388 g/mol.